The molecule has 1 aromatic rings. The van der Waals surface area contributed by atoms with Crippen LogP contribution in [0.25, 0.3) is 0 Å². The van der Waals surface area contributed by atoms with Crippen LogP contribution in [-0.4, -0.2) is 13.2 Å². The zero-order chi connectivity index (χ0) is 11.7. The van der Waals surface area contributed by atoms with Crippen molar-refractivity contribution in [2.45, 2.75) is 25.5 Å². The molecule has 0 fully saturated rings. The number of fused-ring (bicyclic) bond motifs is 1. The number of ether oxygens (including phenoxy) is 1. The van der Waals surface area contributed by atoms with Crippen molar-refractivity contribution in [3.63, 3.8) is 0 Å². The first kappa shape index (κ1) is 11.3. The zero-order valence-electron chi connectivity index (χ0n) is 9.09. The maximum absolute atomic E-state index is 13.5. The van der Waals surface area contributed by atoms with Gasteiger partial charge in [0.2, 0.25) is 5.82 Å². The van der Waals surface area contributed by atoms with Crippen LogP contribution in [0.15, 0.2) is 12.1 Å². The summed E-state index contributed by atoms with van der Waals surface area (Å²) in [4.78, 5) is 4.84. The Kier molecular flexibility index (Phi) is 3.07. The van der Waals surface area contributed by atoms with E-state index >= 15 is 0 Å². The van der Waals surface area contributed by atoms with Gasteiger partial charge >= 0.3 is 0 Å². The minimum absolute atomic E-state index is 0.0126. The maximum Gasteiger partial charge on any atom is 0.200 e. The highest BCUT2D eigenvalue weighted by atomic mass is 19.2. The topological polar surface area (TPSA) is 30.5 Å². The van der Waals surface area contributed by atoms with Gasteiger partial charge in [-0.05, 0) is 12.5 Å². The Bertz CT molecular complexity index is 398. The Hall–Kier alpha value is -1.20. The Labute approximate surface area is 92.3 Å². The van der Waals surface area contributed by atoms with Crippen molar-refractivity contribution in [3.8, 4) is 5.75 Å². The summed E-state index contributed by atoms with van der Waals surface area (Å²) in [6.45, 7) is 1.91. The molecule has 2 rings (SSSR count). The van der Waals surface area contributed by atoms with E-state index in [2.05, 4.69) is 5.48 Å². The van der Waals surface area contributed by atoms with Crippen molar-refractivity contribution < 1.29 is 18.4 Å². The molecule has 0 aliphatic carbocycles. The molecule has 0 aromatic heterocycles. The van der Waals surface area contributed by atoms with Crippen molar-refractivity contribution in [3.05, 3.63) is 29.3 Å². The summed E-state index contributed by atoms with van der Waals surface area (Å²) < 4.78 is 31.8. The van der Waals surface area contributed by atoms with Crippen molar-refractivity contribution in [1.82, 2.24) is 5.48 Å². The van der Waals surface area contributed by atoms with E-state index in [0.29, 0.717) is 12.0 Å². The van der Waals surface area contributed by atoms with Crippen LogP contribution in [0.5, 0.6) is 5.75 Å². The van der Waals surface area contributed by atoms with Crippen LogP contribution in [0.3, 0.4) is 0 Å². The van der Waals surface area contributed by atoms with E-state index in [0.717, 1.165) is 6.07 Å². The third-order valence-electron chi connectivity index (χ3n) is 2.70. The Morgan fingerprint density at radius 1 is 1.44 bits per heavy atom. The third-order valence-corrected chi connectivity index (χ3v) is 2.70. The largest absolute Gasteiger partial charge is 0.485 e. The fourth-order valence-corrected chi connectivity index (χ4v) is 1.92. The van der Waals surface area contributed by atoms with Crippen LogP contribution in [0, 0.1) is 11.6 Å². The van der Waals surface area contributed by atoms with Gasteiger partial charge in [-0.15, -0.1) is 0 Å². The molecule has 5 heteroatoms. The smallest absolute Gasteiger partial charge is 0.200 e. The van der Waals surface area contributed by atoms with E-state index in [1.165, 1.54) is 13.2 Å². The molecule has 0 saturated carbocycles. The number of hydrogen-bond donors (Lipinski definition) is 1. The fraction of sp³-hybridized carbons (Fsp3) is 0.455. The molecule has 1 aliphatic rings. The third kappa shape index (κ3) is 1.66. The second-order valence-electron chi connectivity index (χ2n) is 3.64. The van der Waals surface area contributed by atoms with E-state index in [1.54, 1.807) is 0 Å². The molecule has 2 atom stereocenters. The molecule has 0 radical (unpaired) electrons. The predicted molar refractivity (Wildman–Crippen MR) is 54.0 cm³/mol. The maximum atomic E-state index is 13.5. The number of hydrogen-bond acceptors (Lipinski definition) is 3. The van der Waals surface area contributed by atoms with Gasteiger partial charge in [0.05, 0.1) is 13.2 Å². The molecule has 0 amide bonds. The highest BCUT2D eigenvalue weighted by Gasteiger charge is 2.36. The first-order valence-corrected chi connectivity index (χ1v) is 5.12. The van der Waals surface area contributed by atoms with Crippen LogP contribution in [0.1, 0.15) is 24.9 Å². The minimum Gasteiger partial charge on any atom is -0.485 e. The van der Waals surface area contributed by atoms with Crippen molar-refractivity contribution in [2.24, 2.45) is 0 Å². The van der Waals surface area contributed by atoms with Crippen LogP contribution in [-0.2, 0) is 4.84 Å². The Morgan fingerprint density at radius 3 is 2.81 bits per heavy atom. The molecule has 0 spiro atoms. The molecule has 3 nitrogen and oxygen atoms in total. The summed E-state index contributed by atoms with van der Waals surface area (Å²) in [5.74, 6) is -1.84. The second-order valence-corrected chi connectivity index (χ2v) is 3.64. The molecular weight excluding hydrogens is 216 g/mol. The minimum atomic E-state index is -0.934. The molecule has 1 aliphatic heterocycles. The lowest BCUT2D eigenvalue weighted by Crippen LogP contribution is -2.29. The van der Waals surface area contributed by atoms with E-state index < -0.39 is 11.6 Å². The first-order chi connectivity index (χ1) is 7.69. The van der Waals surface area contributed by atoms with Crippen molar-refractivity contribution >= 4 is 0 Å². The normalized spacial score (nSPS) is 23.0. The number of benzene rings is 1. The molecule has 0 bridgehead atoms. The van der Waals surface area contributed by atoms with Gasteiger partial charge in [0.1, 0.15) is 6.10 Å². The summed E-state index contributed by atoms with van der Waals surface area (Å²) in [5, 5.41) is 0. The monoisotopic (exact) mass is 229 g/mol. The summed E-state index contributed by atoms with van der Waals surface area (Å²) in [6.07, 6.45) is 0.433. The van der Waals surface area contributed by atoms with Crippen LogP contribution in [0.4, 0.5) is 8.78 Å². The summed E-state index contributed by atoms with van der Waals surface area (Å²) in [7, 11) is 1.48. The van der Waals surface area contributed by atoms with Gasteiger partial charge in [0, 0.05) is 5.56 Å². The summed E-state index contributed by atoms with van der Waals surface area (Å²) >= 11 is 0. The summed E-state index contributed by atoms with van der Waals surface area (Å²) in [6, 6.07) is 2.35. The van der Waals surface area contributed by atoms with E-state index in [4.69, 9.17) is 9.57 Å². The average Bonchev–Trinajstić information content (AvgIpc) is 2.63. The van der Waals surface area contributed by atoms with Crippen LogP contribution < -0.4 is 10.2 Å². The van der Waals surface area contributed by atoms with Gasteiger partial charge < -0.3 is 9.57 Å². The molecule has 0 saturated heterocycles. The van der Waals surface area contributed by atoms with Gasteiger partial charge in [-0.2, -0.15) is 9.87 Å². The Balaban J connectivity index is 2.41. The predicted octanol–water partition coefficient (Wildman–Crippen LogP) is 2.33. The molecule has 1 aromatic carbocycles. The fourth-order valence-electron chi connectivity index (χ4n) is 1.92. The van der Waals surface area contributed by atoms with Crippen molar-refractivity contribution in [1.29, 1.82) is 0 Å². The molecule has 1 N–H and O–H groups in total. The van der Waals surface area contributed by atoms with E-state index in [9.17, 15) is 8.78 Å². The standard InChI is InChI=1S/C11H13F2NO2/c1-3-8-10(14-15-2)6-4-5-7(12)9(13)11(6)16-8/h4-5,8,10,14H,3H2,1-2H3. The lowest BCUT2D eigenvalue weighted by Gasteiger charge is -2.17. The van der Waals surface area contributed by atoms with Gasteiger partial charge in [-0.25, -0.2) is 4.39 Å². The first-order valence-electron chi connectivity index (χ1n) is 5.12. The highest BCUT2D eigenvalue weighted by Crippen LogP contribution is 2.40. The molecule has 1 heterocycles. The summed E-state index contributed by atoms with van der Waals surface area (Å²) in [5.41, 5.74) is 3.32. The molecular formula is C11H13F2NO2. The van der Waals surface area contributed by atoms with Crippen LogP contribution in [0.2, 0.25) is 0 Å². The average molecular weight is 229 g/mol. The number of hydroxylamine groups is 1. The Morgan fingerprint density at radius 2 is 2.19 bits per heavy atom. The SMILES string of the molecule is CCC1Oc2c(ccc(F)c2F)C1NOC. The van der Waals surface area contributed by atoms with E-state index in [-0.39, 0.29) is 17.9 Å². The van der Waals surface area contributed by atoms with Crippen molar-refractivity contribution in [2.75, 3.05) is 7.11 Å². The number of rotatable bonds is 3. The molecule has 16 heavy (non-hydrogen) atoms. The highest BCUT2D eigenvalue weighted by molar-refractivity contribution is 5.42. The van der Waals surface area contributed by atoms with Crippen LogP contribution >= 0.6 is 0 Å². The lowest BCUT2D eigenvalue weighted by atomic mass is 10.0. The van der Waals surface area contributed by atoms with Gasteiger partial charge in [-0.3, -0.25) is 0 Å². The quantitative estimate of drug-likeness (QED) is 0.807. The second kappa shape index (κ2) is 4.35. The van der Waals surface area contributed by atoms with E-state index in [1.807, 2.05) is 6.92 Å². The van der Waals surface area contributed by atoms with Gasteiger partial charge in [0.25, 0.3) is 0 Å². The lowest BCUT2D eigenvalue weighted by molar-refractivity contribution is 0.0279. The molecule has 88 valence electrons. The number of halogens is 2. The van der Waals surface area contributed by atoms with Gasteiger partial charge in [-0.1, -0.05) is 13.0 Å². The molecule has 2 unspecified atom stereocenters. The zero-order valence-corrected chi connectivity index (χ0v) is 9.09. The van der Waals surface area contributed by atoms with Gasteiger partial charge in [0.15, 0.2) is 11.6 Å². The number of nitrogens with one attached hydrogen (secondary N) is 1.